The predicted molar refractivity (Wildman–Crippen MR) is 164 cm³/mol. The second kappa shape index (κ2) is 12.6. The maximum Gasteiger partial charge on any atom is 0.249 e. The van der Waals surface area contributed by atoms with E-state index in [1.807, 2.05) is 0 Å². The van der Waals surface area contributed by atoms with Crippen molar-refractivity contribution in [2.45, 2.75) is 6.42 Å². The summed E-state index contributed by atoms with van der Waals surface area (Å²) >= 11 is 12.5. The number of rotatable bonds is 9. The topological polar surface area (TPSA) is 128 Å². The number of nitrogens with one attached hydrogen (secondary N) is 2. The lowest BCUT2D eigenvalue weighted by atomic mass is 9.99. The molecule has 0 atom stereocenters. The van der Waals surface area contributed by atoms with Crippen molar-refractivity contribution in [1.29, 1.82) is 0 Å². The van der Waals surface area contributed by atoms with Crippen molar-refractivity contribution in [2.24, 2.45) is 11.6 Å². The van der Waals surface area contributed by atoms with Crippen LogP contribution in [0.3, 0.4) is 0 Å². The van der Waals surface area contributed by atoms with E-state index >= 15 is 4.39 Å². The molecule has 0 saturated carbocycles. The summed E-state index contributed by atoms with van der Waals surface area (Å²) in [7, 11) is 0. The number of imidazole rings is 1. The molecule has 0 aliphatic carbocycles. The minimum Gasteiger partial charge on any atom is -0.384 e. The molecule has 0 saturated heterocycles. The SMILES string of the molecule is NNC(=O)CCNc1ccccc1-c1nc(-c2ccccc2C(N)=O)c(-c2ccc(F)c(Cl)c2)n1-c1cccc(Cl)c1F. The molecule has 1 aromatic heterocycles. The number of primary amides is 1. The van der Waals surface area contributed by atoms with Crippen LogP contribution in [-0.4, -0.2) is 27.9 Å². The molecule has 4 aromatic carbocycles. The molecule has 1 heterocycles. The van der Waals surface area contributed by atoms with Gasteiger partial charge >= 0.3 is 0 Å². The summed E-state index contributed by atoms with van der Waals surface area (Å²) in [4.78, 5) is 29.2. The fourth-order valence-corrected chi connectivity index (χ4v) is 5.07. The minimum atomic E-state index is -0.739. The van der Waals surface area contributed by atoms with Crippen molar-refractivity contribution in [2.75, 3.05) is 11.9 Å². The molecule has 5 aromatic rings. The maximum absolute atomic E-state index is 15.9. The summed E-state index contributed by atoms with van der Waals surface area (Å²) in [6.45, 7) is 0.226. The third-order valence-electron chi connectivity index (χ3n) is 6.69. The first-order valence-electron chi connectivity index (χ1n) is 13.0. The summed E-state index contributed by atoms with van der Waals surface area (Å²) in [6, 6.07) is 22.2. The van der Waals surface area contributed by atoms with Crippen molar-refractivity contribution in [3.8, 4) is 39.6 Å². The van der Waals surface area contributed by atoms with E-state index in [-0.39, 0.29) is 51.7 Å². The van der Waals surface area contributed by atoms with Gasteiger partial charge in [-0.05, 0) is 48.5 Å². The van der Waals surface area contributed by atoms with Crippen molar-refractivity contribution >= 4 is 40.7 Å². The number of aromatic nitrogens is 2. The van der Waals surface area contributed by atoms with Gasteiger partial charge in [0, 0.05) is 40.9 Å². The van der Waals surface area contributed by atoms with E-state index in [4.69, 9.17) is 39.8 Å². The molecule has 0 unspecified atom stereocenters. The van der Waals surface area contributed by atoms with E-state index in [0.29, 0.717) is 28.1 Å². The van der Waals surface area contributed by atoms with Crippen molar-refractivity contribution in [1.82, 2.24) is 15.0 Å². The molecule has 43 heavy (non-hydrogen) atoms. The maximum atomic E-state index is 15.9. The fraction of sp³-hybridized carbons (Fsp3) is 0.0645. The van der Waals surface area contributed by atoms with Crippen LogP contribution < -0.4 is 22.3 Å². The van der Waals surface area contributed by atoms with Gasteiger partial charge in [-0.25, -0.2) is 19.6 Å². The standard InChI is InChI=1S/C31H24Cl2F2N6O2/c32-21-9-5-11-25(27(21)35)41-29(17-12-13-23(34)22(33)16-17)28(18-6-1-2-7-19(18)30(36)43)39-31(41)20-8-3-4-10-24(20)38-15-14-26(42)40-37/h1-13,16,38H,14-15,37H2,(H2,36,43)(H,40,42). The number of hydrazine groups is 1. The lowest BCUT2D eigenvalue weighted by Crippen LogP contribution is -2.31. The predicted octanol–water partition coefficient (Wildman–Crippen LogP) is 6.35. The average Bonchev–Trinajstić information content (AvgIpc) is 3.40. The Balaban J connectivity index is 1.88. The molecule has 0 aliphatic heterocycles. The first kappa shape index (κ1) is 29.7. The van der Waals surface area contributed by atoms with Crippen LogP contribution in [0.25, 0.3) is 39.6 Å². The second-order valence-electron chi connectivity index (χ2n) is 9.37. The largest absolute Gasteiger partial charge is 0.384 e. The van der Waals surface area contributed by atoms with E-state index in [0.717, 1.165) is 0 Å². The third kappa shape index (κ3) is 5.94. The Hall–Kier alpha value is -4.77. The molecule has 0 aliphatic rings. The van der Waals surface area contributed by atoms with Gasteiger partial charge < -0.3 is 11.1 Å². The fourth-order valence-electron chi connectivity index (χ4n) is 4.72. The number of halogens is 4. The number of carbonyl (C=O) groups excluding carboxylic acids is 2. The minimum absolute atomic E-state index is 0.0329. The van der Waals surface area contributed by atoms with Crippen LogP contribution >= 0.6 is 23.2 Å². The van der Waals surface area contributed by atoms with Gasteiger partial charge in [-0.2, -0.15) is 0 Å². The molecule has 2 amide bonds. The number of anilines is 1. The van der Waals surface area contributed by atoms with Gasteiger partial charge in [0.25, 0.3) is 0 Å². The number of amides is 2. The summed E-state index contributed by atoms with van der Waals surface area (Å²) in [5.41, 5.74) is 10.4. The van der Waals surface area contributed by atoms with Crippen LogP contribution in [0, 0.1) is 11.6 Å². The number of nitrogens with two attached hydrogens (primary N) is 2. The third-order valence-corrected chi connectivity index (χ3v) is 7.27. The summed E-state index contributed by atoms with van der Waals surface area (Å²) in [5, 5.41) is 2.89. The number of hydrogen-bond acceptors (Lipinski definition) is 5. The van der Waals surface area contributed by atoms with Crippen LogP contribution in [0.15, 0.2) is 84.9 Å². The number of carbonyl (C=O) groups is 2. The molecule has 0 spiro atoms. The van der Waals surface area contributed by atoms with Crippen LogP contribution in [-0.2, 0) is 4.79 Å². The van der Waals surface area contributed by atoms with Crippen LogP contribution in [0.5, 0.6) is 0 Å². The van der Waals surface area contributed by atoms with Crippen LogP contribution in [0.2, 0.25) is 10.0 Å². The lowest BCUT2D eigenvalue weighted by Gasteiger charge is -2.17. The number of para-hydroxylation sites is 1. The lowest BCUT2D eigenvalue weighted by molar-refractivity contribution is -0.120. The van der Waals surface area contributed by atoms with Gasteiger partial charge in [0.1, 0.15) is 11.6 Å². The number of benzene rings is 4. The van der Waals surface area contributed by atoms with Gasteiger partial charge in [-0.15, -0.1) is 0 Å². The van der Waals surface area contributed by atoms with Crippen LogP contribution in [0.4, 0.5) is 14.5 Å². The molecule has 0 fully saturated rings. The molecule has 6 N–H and O–H groups in total. The Morgan fingerprint density at radius 1 is 0.884 bits per heavy atom. The summed E-state index contributed by atoms with van der Waals surface area (Å²) < 4.78 is 31.7. The zero-order valence-electron chi connectivity index (χ0n) is 22.4. The number of hydrogen-bond donors (Lipinski definition) is 4. The molecule has 0 radical (unpaired) electrons. The van der Waals surface area contributed by atoms with E-state index in [1.165, 1.54) is 34.9 Å². The molecule has 5 rings (SSSR count). The van der Waals surface area contributed by atoms with E-state index in [2.05, 4.69) is 10.7 Å². The van der Waals surface area contributed by atoms with Gasteiger partial charge in [0.05, 0.1) is 27.1 Å². The number of nitrogens with zero attached hydrogens (tertiary/aromatic N) is 2. The highest BCUT2D eigenvalue weighted by atomic mass is 35.5. The van der Waals surface area contributed by atoms with Gasteiger partial charge in [0.2, 0.25) is 11.8 Å². The van der Waals surface area contributed by atoms with E-state index < -0.39 is 17.5 Å². The summed E-state index contributed by atoms with van der Waals surface area (Å²) in [6.07, 6.45) is 0.0821. The Morgan fingerprint density at radius 3 is 2.33 bits per heavy atom. The zero-order valence-corrected chi connectivity index (χ0v) is 23.9. The van der Waals surface area contributed by atoms with Gasteiger partial charge in [0.15, 0.2) is 5.82 Å². The monoisotopic (exact) mass is 620 g/mol. The van der Waals surface area contributed by atoms with E-state index in [1.54, 1.807) is 54.6 Å². The normalized spacial score (nSPS) is 10.9. The van der Waals surface area contributed by atoms with Gasteiger partial charge in [-0.1, -0.05) is 59.6 Å². The Bertz CT molecular complexity index is 1860. The molecule has 12 heteroatoms. The Labute approximate surface area is 255 Å². The highest BCUT2D eigenvalue weighted by Crippen LogP contribution is 2.43. The van der Waals surface area contributed by atoms with Crippen LogP contribution in [0.1, 0.15) is 16.8 Å². The first-order valence-corrected chi connectivity index (χ1v) is 13.7. The molecule has 218 valence electrons. The van der Waals surface area contributed by atoms with Crippen molar-refractivity contribution in [3.63, 3.8) is 0 Å². The van der Waals surface area contributed by atoms with Crippen molar-refractivity contribution in [3.05, 3.63) is 112 Å². The summed E-state index contributed by atoms with van der Waals surface area (Å²) in [5.74, 6) is 3.00. The first-order chi connectivity index (χ1) is 20.7. The highest BCUT2D eigenvalue weighted by molar-refractivity contribution is 6.31. The Morgan fingerprint density at radius 2 is 1.60 bits per heavy atom. The van der Waals surface area contributed by atoms with Gasteiger partial charge in [-0.3, -0.25) is 19.6 Å². The van der Waals surface area contributed by atoms with E-state index in [9.17, 15) is 14.0 Å². The average molecular weight is 621 g/mol. The molecular weight excluding hydrogens is 597 g/mol. The smallest absolute Gasteiger partial charge is 0.249 e. The van der Waals surface area contributed by atoms with Crippen molar-refractivity contribution < 1.29 is 18.4 Å². The quantitative estimate of drug-likeness (QED) is 0.0867. The molecular formula is C31H24Cl2F2N6O2. The molecule has 8 nitrogen and oxygen atoms in total. The Kier molecular flexibility index (Phi) is 8.72. The zero-order chi connectivity index (χ0) is 30.7. The highest BCUT2D eigenvalue weighted by Gasteiger charge is 2.28. The second-order valence-corrected chi connectivity index (χ2v) is 10.2. The molecule has 0 bridgehead atoms.